The van der Waals surface area contributed by atoms with Crippen molar-refractivity contribution < 1.29 is 25.2 Å². The number of rotatable bonds is 4. The molecule has 3 atom stereocenters. The molecule has 0 fully saturated rings. The zero-order valence-corrected chi connectivity index (χ0v) is 5.71. The topological polar surface area (TPSA) is 124 Å². The van der Waals surface area contributed by atoms with E-state index >= 15 is 0 Å². The molecule has 0 heterocycles. The Balaban J connectivity index is 4.00. The molecule has 0 aliphatic carbocycles. The number of nitrogens with two attached hydrogens (primary N) is 1. The molecule has 11 heavy (non-hydrogen) atoms. The minimum Gasteiger partial charge on any atom is -0.479 e. The zero-order valence-electron chi connectivity index (χ0n) is 5.71. The maximum atomic E-state index is 10.00. The van der Waals surface area contributed by atoms with E-state index in [1.165, 1.54) is 0 Å². The highest BCUT2D eigenvalue weighted by molar-refractivity contribution is 5.72. The van der Waals surface area contributed by atoms with Crippen molar-refractivity contribution in [2.24, 2.45) is 5.73 Å². The summed E-state index contributed by atoms with van der Waals surface area (Å²) in [5, 5.41) is 34.3. The lowest BCUT2D eigenvalue weighted by Crippen LogP contribution is -2.45. The number of hydrogen-bond donors (Lipinski definition) is 5. The molecule has 6 N–H and O–H groups in total. The van der Waals surface area contributed by atoms with Gasteiger partial charge in [0.25, 0.3) is 0 Å². The van der Waals surface area contributed by atoms with E-state index in [0.29, 0.717) is 0 Å². The molecule has 0 aromatic heterocycles. The van der Waals surface area contributed by atoms with Gasteiger partial charge in [-0.3, -0.25) is 0 Å². The van der Waals surface area contributed by atoms with Gasteiger partial charge >= 0.3 is 5.97 Å². The number of carbonyl (C=O) groups is 1. The van der Waals surface area contributed by atoms with Gasteiger partial charge in [-0.1, -0.05) is 0 Å². The summed E-state index contributed by atoms with van der Waals surface area (Å²) in [6.07, 6.45) is -5.15. The summed E-state index contributed by atoms with van der Waals surface area (Å²) in [5.74, 6) is -1.59. The number of hydrogen-bond acceptors (Lipinski definition) is 5. The van der Waals surface area contributed by atoms with Gasteiger partial charge in [0.15, 0.2) is 6.10 Å². The minimum atomic E-state index is -1.99. The van der Waals surface area contributed by atoms with E-state index in [4.69, 9.17) is 26.2 Å². The third-order valence-corrected chi connectivity index (χ3v) is 1.21. The van der Waals surface area contributed by atoms with E-state index in [1.54, 1.807) is 0 Å². The van der Waals surface area contributed by atoms with Gasteiger partial charge in [-0.2, -0.15) is 0 Å². The van der Waals surface area contributed by atoms with Crippen LogP contribution in [0.25, 0.3) is 0 Å². The fourth-order valence-corrected chi connectivity index (χ4v) is 0.496. The van der Waals surface area contributed by atoms with Gasteiger partial charge in [0, 0.05) is 6.54 Å². The lowest BCUT2D eigenvalue weighted by atomic mass is 10.1. The molecule has 6 heteroatoms. The quantitative estimate of drug-likeness (QED) is 0.304. The lowest BCUT2D eigenvalue weighted by molar-refractivity contribution is -0.157. The van der Waals surface area contributed by atoms with E-state index in [-0.39, 0.29) is 6.54 Å². The highest BCUT2D eigenvalue weighted by Gasteiger charge is 2.28. The number of aliphatic hydroxyl groups is 3. The molecular weight excluding hydrogens is 154 g/mol. The first-order valence-electron chi connectivity index (χ1n) is 2.97. The molecule has 0 saturated carbocycles. The largest absolute Gasteiger partial charge is 0.479 e. The van der Waals surface area contributed by atoms with Gasteiger partial charge in [-0.25, -0.2) is 4.79 Å². The lowest BCUT2D eigenvalue weighted by Gasteiger charge is -2.18. The second-order valence-electron chi connectivity index (χ2n) is 2.08. The van der Waals surface area contributed by atoms with Crippen LogP contribution in [0.15, 0.2) is 0 Å². The number of carboxylic acid groups (broad SMARTS) is 1. The van der Waals surface area contributed by atoms with Crippen LogP contribution in [0, 0.1) is 0 Å². The molecule has 0 aliphatic rings. The van der Waals surface area contributed by atoms with Crippen molar-refractivity contribution in [2.45, 2.75) is 18.3 Å². The van der Waals surface area contributed by atoms with Gasteiger partial charge in [0.05, 0.1) is 6.10 Å². The smallest absolute Gasteiger partial charge is 0.335 e. The molecule has 0 saturated heterocycles. The van der Waals surface area contributed by atoms with Crippen molar-refractivity contribution in [3.05, 3.63) is 0 Å². The second-order valence-corrected chi connectivity index (χ2v) is 2.08. The van der Waals surface area contributed by atoms with E-state index < -0.39 is 24.3 Å². The minimum absolute atomic E-state index is 0.300. The number of aliphatic carboxylic acids is 1. The Morgan fingerprint density at radius 1 is 1.36 bits per heavy atom. The van der Waals surface area contributed by atoms with Gasteiger partial charge in [-0.15, -0.1) is 0 Å². The summed E-state index contributed by atoms with van der Waals surface area (Å²) >= 11 is 0. The first-order chi connectivity index (χ1) is 5.00. The van der Waals surface area contributed by atoms with Crippen molar-refractivity contribution in [1.29, 1.82) is 0 Å². The molecule has 0 rings (SSSR count). The molecule has 0 bridgehead atoms. The van der Waals surface area contributed by atoms with Crippen molar-refractivity contribution in [3.8, 4) is 0 Å². The van der Waals surface area contributed by atoms with Crippen LogP contribution in [0.4, 0.5) is 0 Å². The van der Waals surface area contributed by atoms with Gasteiger partial charge in [0.2, 0.25) is 0 Å². The number of carboxylic acids is 1. The summed E-state index contributed by atoms with van der Waals surface area (Å²) in [5.41, 5.74) is 4.90. The van der Waals surface area contributed by atoms with Crippen LogP contribution in [0.5, 0.6) is 0 Å². The van der Waals surface area contributed by atoms with E-state index in [1.807, 2.05) is 0 Å². The number of aliphatic hydroxyl groups excluding tert-OH is 3. The summed E-state index contributed by atoms with van der Waals surface area (Å²) in [6, 6.07) is 0. The third-order valence-electron chi connectivity index (χ3n) is 1.21. The predicted molar refractivity (Wildman–Crippen MR) is 34.7 cm³/mol. The molecule has 0 aliphatic heterocycles. The average molecular weight is 165 g/mol. The molecule has 0 spiro atoms. The summed E-state index contributed by atoms with van der Waals surface area (Å²) in [6.45, 7) is -0.300. The Kier molecular flexibility index (Phi) is 3.98. The van der Waals surface area contributed by atoms with Crippen LogP contribution >= 0.6 is 0 Å². The molecular formula is C5H11NO5. The molecule has 0 aromatic rings. The van der Waals surface area contributed by atoms with E-state index in [0.717, 1.165) is 0 Å². The maximum absolute atomic E-state index is 10.00. The van der Waals surface area contributed by atoms with Gasteiger partial charge in [-0.05, 0) is 0 Å². The van der Waals surface area contributed by atoms with Crippen LogP contribution in [0.2, 0.25) is 0 Å². The maximum Gasteiger partial charge on any atom is 0.335 e. The van der Waals surface area contributed by atoms with Crippen LogP contribution in [0.3, 0.4) is 0 Å². The highest BCUT2D eigenvalue weighted by atomic mass is 16.4. The highest BCUT2D eigenvalue weighted by Crippen LogP contribution is 1.98. The Morgan fingerprint density at radius 2 is 1.82 bits per heavy atom. The molecule has 3 unspecified atom stereocenters. The Morgan fingerprint density at radius 3 is 2.09 bits per heavy atom. The van der Waals surface area contributed by atoms with E-state index in [2.05, 4.69) is 0 Å². The second kappa shape index (κ2) is 4.24. The summed E-state index contributed by atoms with van der Waals surface area (Å²) in [4.78, 5) is 10.00. The first kappa shape index (κ1) is 10.3. The van der Waals surface area contributed by atoms with Crippen LogP contribution in [-0.4, -0.2) is 51.3 Å². The summed E-state index contributed by atoms with van der Waals surface area (Å²) in [7, 11) is 0. The van der Waals surface area contributed by atoms with Crippen molar-refractivity contribution in [2.75, 3.05) is 6.54 Å². The fraction of sp³-hybridized carbons (Fsp3) is 0.800. The third kappa shape index (κ3) is 2.81. The molecule has 0 amide bonds. The van der Waals surface area contributed by atoms with Crippen LogP contribution < -0.4 is 5.73 Å². The Labute approximate surface area is 62.9 Å². The Hall–Kier alpha value is -0.690. The normalized spacial score (nSPS) is 18.9. The summed E-state index contributed by atoms with van der Waals surface area (Å²) < 4.78 is 0. The van der Waals surface area contributed by atoms with E-state index in [9.17, 15) is 4.79 Å². The molecule has 0 radical (unpaired) electrons. The molecule has 66 valence electrons. The first-order valence-corrected chi connectivity index (χ1v) is 2.97. The SMILES string of the molecule is NCC(O)C(O)C(O)C(=O)O. The van der Waals surface area contributed by atoms with Crippen LogP contribution in [-0.2, 0) is 4.79 Å². The molecule has 6 nitrogen and oxygen atoms in total. The van der Waals surface area contributed by atoms with Gasteiger partial charge in [0.1, 0.15) is 6.10 Å². The monoisotopic (exact) mass is 165 g/mol. The van der Waals surface area contributed by atoms with Crippen molar-refractivity contribution >= 4 is 5.97 Å². The Bertz CT molecular complexity index is 139. The standard InChI is InChI=1S/C5H11NO5/c6-1-2(7)3(8)4(9)5(10)11/h2-4,7-9H,1,6H2,(H,10,11). The average Bonchev–Trinajstić information content (AvgIpc) is 2.00. The molecule has 0 aromatic carbocycles. The fourth-order valence-electron chi connectivity index (χ4n) is 0.496. The zero-order chi connectivity index (χ0) is 9.02. The van der Waals surface area contributed by atoms with Crippen molar-refractivity contribution in [1.82, 2.24) is 0 Å². The van der Waals surface area contributed by atoms with Gasteiger partial charge < -0.3 is 26.2 Å². The van der Waals surface area contributed by atoms with Crippen LogP contribution in [0.1, 0.15) is 0 Å². The van der Waals surface area contributed by atoms with Crippen molar-refractivity contribution in [3.63, 3.8) is 0 Å². The predicted octanol–water partition coefficient (Wildman–Crippen LogP) is -2.89.